The van der Waals surface area contributed by atoms with Gasteiger partial charge in [0, 0.05) is 11.1 Å². The Hall–Kier alpha value is -0.410. The number of nitrogens with two attached hydrogens (primary N) is 1. The molecule has 1 aromatic rings. The largest absolute Gasteiger partial charge is 0.319 e. The molecule has 2 N–H and O–H groups in total. The average Bonchev–Trinajstić information content (AvgIpc) is 2.47. The van der Waals surface area contributed by atoms with E-state index in [1.165, 1.54) is 25.7 Å². The molecule has 0 bridgehead atoms. The summed E-state index contributed by atoms with van der Waals surface area (Å²) in [5.41, 5.74) is 7.44. The normalized spacial score (nSPS) is 21.9. The molecular formula is C11H18N2S. The van der Waals surface area contributed by atoms with Gasteiger partial charge in [-0.15, -0.1) is 11.3 Å². The van der Waals surface area contributed by atoms with Gasteiger partial charge in [-0.1, -0.05) is 25.7 Å². The average molecular weight is 210 g/mol. The monoisotopic (exact) mass is 210 g/mol. The topological polar surface area (TPSA) is 38.9 Å². The van der Waals surface area contributed by atoms with Crippen molar-refractivity contribution in [1.82, 2.24) is 4.98 Å². The molecule has 2 rings (SSSR count). The van der Waals surface area contributed by atoms with Crippen LogP contribution in [0, 0.1) is 6.92 Å². The standard InChI is InChI=1S/C11H18N2S/c1-9-8-14-10(13-9)11(12)6-4-2-3-5-7-11/h8H,2-7,12H2,1H3. The van der Waals surface area contributed by atoms with E-state index in [2.05, 4.69) is 10.4 Å². The molecule has 0 aromatic carbocycles. The molecule has 0 unspecified atom stereocenters. The highest BCUT2D eigenvalue weighted by Gasteiger charge is 2.30. The Morgan fingerprint density at radius 2 is 1.93 bits per heavy atom. The molecule has 3 heteroatoms. The lowest BCUT2D eigenvalue weighted by atomic mass is 9.92. The van der Waals surface area contributed by atoms with Gasteiger partial charge in [-0.05, 0) is 19.8 Å². The second-order valence-electron chi connectivity index (χ2n) is 4.36. The zero-order valence-electron chi connectivity index (χ0n) is 8.75. The molecule has 1 heterocycles. The Kier molecular flexibility index (Phi) is 2.88. The summed E-state index contributed by atoms with van der Waals surface area (Å²) < 4.78 is 0. The molecule has 1 aromatic heterocycles. The van der Waals surface area contributed by atoms with Gasteiger partial charge in [0.2, 0.25) is 0 Å². The van der Waals surface area contributed by atoms with E-state index in [1.807, 2.05) is 6.92 Å². The number of hydrogen-bond donors (Lipinski definition) is 1. The minimum Gasteiger partial charge on any atom is -0.319 e. The van der Waals surface area contributed by atoms with Crippen LogP contribution >= 0.6 is 11.3 Å². The van der Waals surface area contributed by atoms with E-state index in [0.717, 1.165) is 23.5 Å². The van der Waals surface area contributed by atoms with Crippen LogP contribution in [0.3, 0.4) is 0 Å². The molecule has 1 aliphatic carbocycles. The van der Waals surface area contributed by atoms with Gasteiger partial charge in [0.15, 0.2) is 0 Å². The zero-order valence-corrected chi connectivity index (χ0v) is 9.57. The van der Waals surface area contributed by atoms with E-state index < -0.39 is 0 Å². The molecule has 2 nitrogen and oxygen atoms in total. The fraction of sp³-hybridized carbons (Fsp3) is 0.727. The predicted octanol–water partition coefficient (Wildman–Crippen LogP) is 2.96. The van der Waals surface area contributed by atoms with Gasteiger partial charge in [0.25, 0.3) is 0 Å². The van der Waals surface area contributed by atoms with Gasteiger partial charge in [0.1, 0.15) is 5.01 Å². The first-order valence-electron chi connectivity index (χ1n) is 5.42. The minimum atomic E-state index is -0.116. The number of aryl methyl sites for hydroxylation is 1. The fourth-order valence-electron chi connectivity index (χ4n) is 2.16. The summed E-state index contributed by atoms with van der Waals surface area (Å²) in [4.78, 5) is 4.54. The quantitative estimate of drug-likeness (QED) is 0.724. The summed E-state index contributed by atoms with van der Waals surface area (Å²) >= 11 is 1.73. The highest BCUT2D eigenvalue weighted by atomic mass is 32.1. The van der Waals surface area contributed by atoms with Crippen molar-refractivity contribution in [2.75, 3.05) is 0 Å². The molecule has 0 aliphatic heterocycles. The minimum absolute atomic E-state index is 0.116. The number of nitrogens with zero attached hydrogens (tertiary/aromatic N) is 1. The van der Waals surface area contributed by atoms with Crippen molar-refractivity contribution in [1.29, 1.82) is 0 Å². The number of rotatable bonds is 1. The Morgan fingerprint density at radius 1 is 1.29 bits per heavy atom. The van der Waals surface area contributed by atoms with Crippen LogP contribution in [0.2, 0.25) is 0 Å². The maximum Gasteiger partial charge on any atom is 0.113 e. The first-order valence-corrected chi connectivity index (χ1v) is 6.30. The number of hydrogen-bond acceptors (Lipinski definition) is 3. The van der Waals surface area contributed by atoms with Gasteiger partial charge < -0.3 is 5.73 Å². The van der Waals surface area contributed by atoms with Crippen LogP contribution in [0.15, 0.2) is 5.38 Å². The SMILES string of the molecule is Cc1csc(C2(N)CCCCCC2)n1. The fourth-order valence-corrected chi connectivity index (χ4v) is 3.13. The van der Waals surface area contributed by atoms with Crippen LogP contribution in [0.1, 0.15) is 49.2 Å². The third-order valence-corrected chi connectivity index (χ3v) is 4.22. The van der Waals surface area contributed by atoms with Crippen molar-refractivity contribution in [3.05, 3.63) is 16.1 Å². The molecule has 78 valence electrons. The molecule has 1 fully saturated rings. The van der Waals surface area contributed by atoms with Gasteiger partial charge in [-0.2, -0.15) is 0 Å². The van der Waals surface area contributed by atoms with Gasteiger partial charge in [-0.3, -0.25) is 0 Å². The Bertz CT molecular complexity index is 298. The lowest BCUT2D eigenvalue weighted by molar-refractivity contribution is 0.383. The highest BCUT2D eigenvalue weighted by Crippen LogP contribution is 2.35. The second-order valence-corrected chi connectivity index (χ2v) is 5.22. The van der Waals surface area contributed by atoms with Crippen molar-refractivity contribution >= 4 is 11.3 Å². The van der Waals surface area contributed by atoms with Crippen molar-refractivity contribution in [3.8, 4) is 0 Å². The molecule has 1 aliphatic rings. The van der Waals surface area contributed by atoms with Gasteiger partial charge in [0.05, 0.1) is 5.54 Å². The Morgan fingerprint density at radius 3 is 2.43 bits per heavy atom. The van der Waals surface area contributed by atoms with E-state index in [1.54, 1.807) is 11.3 Å². The molecule has 14 heavy (non-hydrogen) atoms. The van der Waals surface area contributed by atoms with Crippen LogP contribution in [0.5, 0.6) is 0 Å². The van der Waals surface area contributed by atoms with E-state index in [0.29, 0.717) is 0 Å². The maximum atomic E-state index is 6.44. The first-order chi connectivity index (χ1) is 6.71. The second kappa shape index (κ2) is 3.99. The van der Waals surface area contributed by atoms with Crippen molar-refractivity contribution in [2.24, 2.45) is 5.73 Å². The Balaban J connectivity index is 2.20. The lowest BCUT2D eigenvalue weighted by Gasteiger charge is -2.25. The molecule has 0 atom stereocenters. The van der Waals surface area contributed by atoms with Gasteiger partial charge in [-0.25, -0.2) is 4.98 Å². The molecule has 0 spiro atoms. The first kappa shape index (κ1) is 10.1. The van der Waals surface area contributed by atoms with Crippen molar-refractivity contribution in [3.63, 3.8) is 0 Å². The van der Waals surface area contributed by atoms with Crippen LogP contribution in [0.25, 0.3) is 0 Å². The third kappa shape index (κ3) is 1.98. The van der Waals surface area contributed by atoms with Gasteiger partial charge >= 0.3 is 0 Å². The summed E-state index contributed by atoms with van der Waals surface area (Å²) in [5.74, 6) is 0. The van der Waals surface area contributed by atoms with Crippen LogP contribution in [0.4, 0.5) is 0 Å². The Labute approximate surface area is 89.5 Å². The van der Waals surface area contributed by atoms with Crippen LogP contribution in [-0.2, 0) is 5.54 Å². The van der Waals surface area contributed by atoms with Crippen LogP contribution < -0.4 is 5.73 Å². The van der Waals surface area contributed by atoms with Crippen molar-refractivity contribution in [2.45, 2.75) is 51.0 Å². The summed E-state index contributed by atoms with van der Waals surface area (Å²) in [5, 5.41) is 3.26. The molecule has 0 amide bonds. The molecule has 1 saturated carbocycles. The summed E-state index contributed by atoms with van der Waals surface area (Å²) in [6.07, 6.45) is 7.41. The molecule has 0 radical (unpaired) electrons. The molecular weight excluding hydrogens is 192 g/mol. The maximum absolute atomic E-state index is 6.44. The van der Waals surface area contributed by atoms with E-state index in [-0.39, 0.29) is 5.54 Å². The summed E-state index contributed by atoms with van der Waals surface area (Å²) in [6, 6.07) is 0. The van der Waals surface area contributed by atoms with E-state index in [4.69, 9.17) is 5.73 Å². The summed E-state index contributed by atoms with van der Waals surface area (Å²) in [6.45, 7) is 2.04. The smallest absolute Gasteiger partial charge is 0.113 e. The number of thiazole rings is 1. The summed E-state index contributed by atoms with van der Waals surface area (Å²) in [7, 11) is 0. The third-order valence-electron chi connectivity index (χ3n) is 3.04. The zero-order chi connectivity index (χ0) is 10.0. The van der Waals surface area contributed by atoms with E-state index in [9.17, 15) is 0 Å². The predicted molar refractivity (Wildman–Crippen MR) is 60.4 cm³/mol. The molecule has 0 saturated heterocycles. The highest BCUT2D eigenvalue weighted by molar-refractivity contribution is 7.09. The number of aromatic nitrogens is 1. The lowest BCUT2D eigenvalue weighted by Crippen LogP contribution is -2.35. The van der Waals surface area contributed by atoms with Crippen molar-refractivity contribution < 1.29 is 0 Å². The van der Waals surface area contributed by atoms with Crippen LogP contribution in [-0.4, -0.2) is 4.98 Å². The van der Waals surface area contributed by atoms with E-state index >= 15 is 0 Å².